The molecule has 0 saturated carbocycles. The highest BCUT2D eigenvalue weighted by Crippen LogP contribution is 2.24. The van der Waals surface area contributed by atoms with Crippen LogP contribution in [-0.4, -0.2) is 22.1 Å². The Kier molecular flexibility index (Phi) is 6.10. The van der Waals surface area contributed by atoms with E-state index >= 15 is 0 Å². The lowest BCUT2D eigenvalue weighted by Gasteiger charge is -2.22. The molecule has 4 nitrogen and oxygen atoms in total. The minimum Gasteiger partial charge on any atom is -0.480 e. The molecule has 0 fully saturated rings. The van der Waals surface area contributed by atoms with E-state index in [1.807, 2.05) is 30.3 Å². The van der Waals surface area contributed by atoms with Gasteiger partial charge in [0, 0.05) is 18.9 Å². The molecule has 0 bridgehead atoms. The largest absolute Gasteiger partial charge is 0.480 e. The lowest BCUT2D eigenvalue weighted by Crippen LogP contribution is -2.37. The van der Waals surface area contributed by atoms with Gasteiger partial charge in [-0.1, -0.05) is 45.0 Å². The summed E-state index contributed by atoms with van der Waals surface area (Å²) in [7, 11) is 0. The highest BCUT2D eigenvalue weighted by Gasteiger charge is 2.20. The van der Waals surface area contributed by atoms with Crippen molar-refractivity contribution in [2.45, 2.75) is 46.2 Å². The van der Waals surface area contributed by atoms with Gasteiger partial charge in [-0.2, -0.15) is 0 Å². The number of aliphatic carboxylic acids is 1. The van der Waals surface area contributed by atoms with Crippen molar-refractivity contribution in [2.24, 2.45) is 5.41 Å². The summed E-state index contributed by atoms with van der Waals surface area (Å²) in [6.07, 6.45) is 5.02. The third kappa shape index (κ3) is 5.46. The average Bonchev–Trinajstić information content (AvgIpc) is 2.54. The topological polar surface area (TPSA) is 62.2 Å². The van der Waals surface area contributed by atoms with Crippen LogP contribution in [0.3, 0.4) is 0 Å². The molecular formula is C20H26N2O2. The molecule has 24 heavy (non-hydrogen) atoms. The summed E-state index contributed by atoms with van der Waals surface area (Å²) < 4.78 is 0. The maximum atomic E-state index is 11.5. The molecule has 0 radical (unpaired) electrons. The molecular weight excluding hydrogens is 300 g/mol. The van der Waals surface area contributed by atoms with Crippen molar-refractivity contribution in [3.8, 4) is 11.1 Å². The zero-order valence-corrected chi connectivity index (χ0v) is 14.6. The monoisotopic (exact) mass is 326 g/mol. The number of nitrogens with zero attached hydrogens (tertiary/aromatic N) is 1. The standard InChI is InChI=1S/C20H26N2O2/c1-20(2,3)11-8-18(19(23)24)22-14-16-6-4-5-7-17(16)15-9-12-21-13-10-15/h4-7,9-10,12-13,18,22H,8,11,14H2,1-3H3,(H,23,24). The van der Waals surface area contributed by atoms with Crippen LogP contribution in [0.2, 0.25) is 0 Å². The van der Waals surface area contributed by atoms with Crippen LogP contribution >= 0.6 is 0 Å². The van der Waals surface area contributed by atoms with Crippen molar-refractivity contribution in [2.75, 3.05) is 0 Å². The number of pyridine rings is 1. The molecule has 0 aliphatic rings. The minimum atomic E-state index is -0.791. The number of aromatic nitrogens is 1. The number of rotatable bonds is 7. The molecule has 128 valence electrons. The van der Waals surface area contributed by atoms with Gasteiger partial charge in [0.1, 0.15) is 6.04 Å². The molecule has 0 saturated heterocycles. The Morgan fingerprint density at radius 1 is 1.17 bits per heavy atom. The fourth-order valence-corrected chi connectivity index (χ4v) is 2.61. The van der Waals surface area contributed by atoms with Crippen LogP contribution in [0.1, 0.15) is 39.2 Å². The fourth-order valence-electron chi connectivity index (χ4n) is 2.61. The summed E-state index contributed by atoms with van der Waals surface area (Å²) >= 11 is 0. The van der Waals surface area contributed by atoms with Crippen molar-refractivity contribution in [3.63, 3.8) is 0 Å². The number of benzene rings is 1. The summed E-state index contributed by atoms with van der Waals surface area (Å²) in [5.74, 6) is -0.791. The Morgan fingerprint density at radius 3 is 2.46 bits per heavy atom. The molecule has 0 aliphatic carbocycles. The second-order valence-corrected chi connectivity index (χ2v) is 7.26. The van der Waals surface area contributed by atoms with E-state index in [1.54, 1.807) is 12.4 Å². The molecule has 1 aromatic carbocycles. The Labute approximate surface area is 143 Å². The molecule has 1 heterocycles. The number of nitrogens with one attached hydrogen (secondary N) is 1. The minimum absolute atomic E-state index is 0.129. The summed E-state index contributed by atoms with van der Waals surface area (Å²) in [4.78, 5) is 15.6. The molecule has 1 aromatic heterocycles. The first-order chi connectivity index (χ1) is 11.4. The number of hydrogen-bond acceptors (Lipinski definition) is 3. The van der Waals surface area contributed by atoms with Crippen LogP contribution in [0.15, 0.2) is 48.8 Å². The third-order valence-corrected chi connectivity index (χ3v) is 4.03. The van der Waals surface area contributed by atoms with Gasteiger partial charge >= 0.3 is 5.97 Å². The Morgan fingerprint density at radius 2 is 1.83 bits per heavy atom. The lowest BCUT2D eigenvalue weighted by atomic mass is 9.88. The third-order valence-electron chi connectivity index (χ3n) is 4.03. The first-order valence-corrected chi connectivity index (χ1v) is 8.31. The van der Waals surface area contributed by atoms with E-state index in [1.165, 1.54) is 0 Å². The molecule has 2 rings (SSSR count). The van der Waals surface area contributed by atoms with E-state index in [0.29, 0.717) is 13.0 Å². The highest BCUT2D eigenvalue weighted by atomic mass is 16.4. The normalized spacial score (nSPS) is 12.8. The van der Waals surface area contributed by atoms with Crippen molar-refractivity contribution in [1.29, 1.82) is 0 Å². The molecule has 0 aliphatic heterocycles. The molecule has 1 unspecified atom stereocenters. The lowest BCUT2D eigenvalue weighted by molar-refractivity contribution is -0.139. The number of hydrogen-bond donors (Lipinski definition) is 2. The summed E-state index contributed by atoms with van der Waals surface area (Å²) in [6.45, 7) is 6.92. The number of carboxylic acids is 1. The smallest absolute Gasteiger partial charge is 0.320 e. The Hall–Kier alpha value is -2.20. The average molecular weight is 326 g/mol. The van der Waals surface area contributed by atoms with E-state index in [9.17, 15) is 9.90 Å². The number of carbonyl (C=O) groups is 1. The van der Waals surface area contributed by atoms with Crippen molar-refractivity contribution < 1.29 is 9.90 Å². The van der Waals surface area contributed by atoms with E-state index < -0.39 is 12.0 Å². The second kappa shape index (κ2) is 8.06. The van der Waals surface area contributed by atoms with Crippen LogP contribution in [-0.2, 0) is 11.3 Å². The maximum Gasteiger partial charge on any atom is 0.320 e. The van der Waals surface area contributed by atoms with Gasteiger partial charge in [-0.05, 0) is 47.1 Å². The van der Waals surface area contributed by atoms with Gasteiger partial charge in [0.05, 0.1) is 0 Å². The molecule has 1 atom stereocenters. The first-order valence-electron chi connectivity index (χ1n) is 8.31. The second-order valence-electron chi connectivity index (χ2n) is 7.26. The highest BCUT2D eigenvalue weighted by molar-refractivity contribution is 5.73. The van der Waals surface area contributed by atoms with Gasteiger partial charge in [-0.25, -0.2) is 0 Å². The van der Waals surface area contributed by atoms with Crippen molar-refractivity contribution in [1.82, 2.24) is 10.3 Å². The van der Waals surface area contributed by atoms with Gasteiger partial charge < -0.3 is 10.4 Å². The molecule has 0 amide bonds. The molecule has 4 heteroatoms. The maximum absolute atomic E-state index is 11.5. The van der Waals surface area contributed by atoms with Gasteiger partial charge in [0.25, 0.3) is 0 Å². The Bertz CT molecular complexity index is 663. The SMILES string of the molecule is CC(C)(C)CCC(NCc1ccccc1-c1ccncc1)C(=O)O. The molecule has 2 N–H and O–H groups in total. The van der Waals surface area contributed by atoms with Crippen LogP contribution in [0, 0.1) is 5.41 Å². The van der Waals surface area contributed by atoms with Crippen molar-refractivity contribution >= 4 is 5.97 Å². The van der Waals surface area contributed by atoms with E-state index in [4.69, 9.17) is 0 Å². The van der Waals surface area contributed by atoms with Gasteiger partial charge in [0.15, 0.2) is 0 Å². The van der Waals surface area contributed by atoms with Crippen LogP contribution < -0.4 is 5.32 Å². The van der Waals surface area contributed by atoms with Crippen LogP contribution in [0.5, 0.6) is 0 Å². The predicted octanol–water partition coefficient (Wildman–Crippen LogP) is 4.12. The van der Waals surface area contributed by atoms with Gasteiger partial charge in [-0.15, -0.1) is 0 Å². The van der Waals surface area contributed by atoms with Gasteiger partial charge in [0.2, 0.25) is 0 Å². The Balaban J connectivity index is 2.09. The summed E-state index contributed by atoms with van der Waals surface area (Å²) in [5.41, 5.74) is 3.41. The van der Waals surface area contributed by atoms with Gasteiger partial charge in [-0.3, -0.25) is 9.78 Å². The number of carboxylic acid groups (broad SMARTS) is 1. The molecule has 0 spiro atoms. The van der Waals surface area contributed by atoms with Crippen LogP contribution in [0.4, 0.5) is 0 Å². The summed E-state index contributed by atoms with van der Waals surface area (Å²) in [6, 6.07) is 11.5. The van der Waals surface area contributed by atoms with Crippen LogP contribution in [0.25, 0.3) is 11.1 Å². The zero-order valence-electron chi connectivity index (χ0n) is 14.6. The van der Waals surface area contributed by atoms with E-state index in [-0.39, 0.29) is 5.41 Å². The summed E-state index contributed by atoms with van der Waals surface area (Å²) in [5, 5.41) is 12.7. The fraction of sp³-hybridized carbons (Fsp3) is 0.400. The van der Waals surface area contributed by atoms with E-state index in [2.05, 4.69) is 37.1 Å². The van der Waals surface area contributed by atoms with E-state index in [0.717, 1.165) is 23.1 Å². The first kappa shape index (κ1) is 18.1. The van der Waals surface area contributed by atoms with Crippen molar-refractivity contribution in [3.05, 3.63) is 54.4 Å². The zero-order chi connectivity index (χ0) is 17.6. The molecule has 2 aromatic rings. The predicted molar refractivity (Wildman–Crippen MR) is 96.6 cm³/mol. The quantitative estimate of drug-likeness (QED) is 0.803.